The van der Waals surface area contributed by atoms with Gasteiger partial charge in [0.1, 0.15) is 5.25 Å². The molecule has 0 heterocycles. The van der Waals surface area contributed by atoms with E-state index in [9.17, 15) is 4.79 Å². The van der Waals surface area contributed by atoms with Gasteiger partial charge in [0.2, 0.25) is 0 Å². The number of benzene rings is 1. The van der Waals surface area contributed by atoms with Crippen LogP contribution in [0.2, 0.25) is 0 Å². The van der Waals surface area contributed by atoms with Crippen molar-refractivity contribution in [3.63, 3.8) is 0 Å². The van der Waals surface area contributed by atoms with E-state index in [0.29, 0.717) is 6.42 Å². The minimum absolute atomic E-state index is 0.398. The van der Waals surface area contributed by atoms with Crippen molar-refractivity contribution in [1.82, 2.24) is 0 Å². The third kappa shape index (κ3) is 5.59. The van der Waals surface area contributed by atoms with Crippen LogP contribution >= 0.6 is 11.8 Å². The second kappa shape index (κ2) is 7.96. The Morgan fingerprint density at radius 2 is 2.06 bits per heavy atom. The first-order valence-corrected chi connectivity index (χ1v) is 6.71. The summed E-state index contributed by atoms with van der Waals surface area (Å²) in [5.74, 6) is -0.750. The summed E-state index contributed by atoms with van der Waals surface area (Å²) in [5, 5.41) is 8.74. The van der Waals surface area contributed by atoms with E-state index in [1.807, 2.05) is 36.4 Å². The van der Waals surface area contributed by atoms with E-state index in [-0.39, 0.29) is 0 Å². The number of hydrogen-bond donors (Lipinski definition) is 1. The van der Waals surface area contributed by atoms with Crippen molar-refractivity contribution in [2.75, 3.05) is 0 Å². The molecule has 1 unspecified atom stereocenters. The molecule has 1 N–H and O–H groups in total. The quantitative estimate of drug-likeness (QED) is 0.587. The van der Waals surface area contributed by atoms with E-state index in [0.717, 1.165) is 17.7 Å². The molecule has 1 aromatic carbocycles. The van der Waals surface area contributed by atoms with Gasteiger partial charge in [-0.25, -0.2) is 0 Å². The maximum Gasteiger partial charge on any atom is 0.317 e. The van der Waals surface area contributed by atoms with Gasteiger partial charge in [-0.2, -0.15) is 0 Å². The number of aliphatic carboxylic acids is 1. The molecular formula is C14H18O2S. The van der Waals surface area contributed by atoms with Gasteiger partial charge in [-0.3, -0.25) is 4.79 Å². The predicted molar refractivity (Wildman–Crippen MR) is 72.4 cm³/mol. The lowest BCUT2D eigenvalue weighted by Crippen LogP contribution is -2.15. The zero-order valence-electron chi connectivity index (χ0n) is 10.0. The molecule has 2 nitrogen and oxygen atoms in total. The fraction of sp³-hybridized carbons (Fsp3) is 0.357. The van der Waals surface area contributed by atoms with Crippen LogP contribution in [0, 0.1) is 0 Å². The Hall–Kier alpha value is -1.22. The Morgan fingerprint density at radius 3 is 2.65 bits per heavy atom. The van der Waals surface area contributed by atoms with Crippen LogP contribution in [0.5, 0.6) is 0 Å². The van der Waals surface area contributed by atoms with E-state index in [4.69, 9.17) is 5.11 Å². The molecule has 17 heavy (non-hydrogen) atoms. The normalized spacial score (nSPS) is 12.8. The molecular weight excluding hydrogens is 232 g/mol. The maximum absolute atomic E-state index is 11.1. The molecule has 92 valence electrons. The molecule has 0 aliphatic rings. The van der Waals surface area contributed by atoms with Crippen LogP contribution in [0.25, 0.3) is 0 Å². The molecule has 0 bridgehead atoms. The Bertz CT molecular complexity index is 360. The van der Waals surface area contributed by atoms with Gasteiger partial charge in [0.15, 0.2) is 0 Å². The van der Waals surface area contributed by atoms with Gasteiger partial charge in [-0.1, -0.05) is 43.7 Å². The molecule has 1 atom stereocenters. The molecule has 1 rings (SSSR count). The third-order valence-electron chi connectivity index (χ3n) is 2.27. The predicted octanol–water partition coefficient (Wildman–Crippen LogP) is 3.98. The second-order valence-electron chi connectivity index (χ2n) is 3.75. The highest BCUT2D eigenvalue weighted by molar-refractivity contribution is 8.00. The van der Waals surface area contributed by atoms with E-state index in [1.165, 1.54) is 11.8 Å². The van der Waals surface area contributed by atoms with Crippen LogP contribution in [0.4, 0.5) is 0 Å². The van der Waals surface area contributed by atoms with Crippen molar-refractivity contribution >= 4 is 17.7 Å². The molecule has 0 fully saturated rings. The Labute approximate surface area is 107 Å². The third-order valence-corrected chi connectivity index (χ3v) is 3.49. The summed E-state index contributed by atoms with van der Waals surface area (Å²) in [7, 11) is 0. The van der Waals surface area contributed by atoms with Crippen LogP contribution in [0.3, 0.4) is 0 Å². The molecule has 3 heteroatoms. The highest BCUT2D eigenvalue weighted by atomic mass is 32.2. The number of carbonyl (C=O) groups is 1. The smallest absolute Gasteiger partial charge is 0.317 e. The number of carboxylic acid groups (broad SMARTS) is 1. The van der Waals surface area contributed by atoms with Gasteiger partial charge in [-0.15, -0.1) is 11.8 Å². The van der Waals surface area contributed by atoms with Gasteiger partial charge in [0.05, 0.1) is 0 Å². The van der Waals surface area contributed by atoms with E-state index < -0.39 is 11.2 Å². The highest BCUT2D eigenvalue weighted by Crippen LogP contribution is 2.25. The monoisotopic (exact) mass is 250 g/mol. The second-order valence-corrected chi connectivity index (χ2v) is 5.03. The summed E-state index contributed by atoms with van der Waals surface area (Å²) in [5.41, 5.74) is 0. The minimum Gasteiger partial charge on any atom is -0.480 e. The van der Waals surface area contributed by atoms with Gasteiger partial charge >= 0.3 is 5.97 Å². The number of carboxylic acids is 1. The molecule has 0 spiro atoms. The Balaban J connectivity index is 2.52. The summed E-state index contributed by atoms with van der Waals surface area (Å²) in [4.78, 5) is 12.1. The van der Waals surface area contributed by atoms with Crippen molar-refractivity contribution in [1.29, 1.82) is 0 Å². The fourth-order valence-corrected chi connectivity index (χ4v) is 2.32. The summed E-state index contributed by atoms with van der Waals surface area (Å²) in [6.07, 6.45) is 6.72. The van der Waals surface area contributed by atoms with Crippen molar-refractivity contribution in [3.05, 3.63) is 42.5 Å². The van der Waals surface area contributed by atoms with Crippen LogP contribution in [0.1, 0.15) is 26.2 Å². The Kier molecular flexibility index (Phi) is 6.48. The average Bonchev–Trinajstić information content (AvgIpc) is 2.34. The maximum atomic E-state index is 11.1. The van der Waals surface area contributed by atoms with Crippen molar-refractivity contribution in [2.45, 2.75) is 36.3 Å². The molecule has 1 aromatic rings. The first-order chi connectivity index (χ1) is 8.24. The lowest BCUT2D eigenvalue weighted by atomic mass is 10.2. The van der Waals surface area contributed by atoms with Gasteiger partial charge in [0, 0.05) is 4.90 Å². The molecule has 0 saturated heterocycles. The zero-order valence-corrected chi connectivity index (χ0v) is 10.8. The van der Waals surface area contributed by atoms with Crippen molar-refractivity contribution in [3.8, 4) is 0 Å². The molecule has 0 amide bonds. The van der Waals surface area contributed by atoms with Crippen LogP contribution < -0.4 is 0 Å². The number of unbranched alkanes of at least 4 members (excludes halogenated alkanes) is 1. The first-order valence-electron chi connectivity index (χ1n) is 5.83. The van der Waals surface area contributed by atoms with Gasteiger partial charge in [0.25, 0.3) is 0 Å². The summed E-state index contributed by atoms with van der Waals surface area (Å²) >= 11 is 1.40. The molecule has 0 radical (unpaired) electrons. The van der Waals surface area contributed by atoms with Gasteiger partial charge in [-0.05, 0) is 25.0 Å². The zero-order chi connectivity index (χ0) is 12.5. The topological polar surface area (TPSA) is 37.3 Å². The first kappa shape index (κ1) is 13.8. The summed E-state index contributed by atoms with van der Waals surface area (Å²) < 4.78 is 0. The van der Waals surface area contributed by atoms with Crippen LogP contribution in [-0.2, 0) is 4.79 Å². The van der Waals surface area contributed by atoms with Crippen molar-refractivity contribution in [2.24, 2.45) is 0 Å². The molecule has 0 saturated carbocycles. The van der Waals surface area contributed by atoms with Crippen LogP contribution in [-0.4, -0.2) is 16.3 Å². The minimum atomic E-state index is -0.750. The number of rotatable bonds is 7. The fourth-order valence-electron chi connectivity index (χ4n) is 1.37. The largest absolute Gasteiger partial charge is 0.480 e. The number of thioether (sulfide) groups is 1. The van der Waals surface area contributed by atoms with Crippen LogP contribution in [0.15, 0.2) is 47.4 Å². The molecule has 0 aromatic heterocycles. The summed E-state index contributed by atoms with van der Waals surface area (Å²) in [6.45, 7) is 2.11. The van der Waals surface area contributed by atoms with E-state index in [2.05, 4.69) is 13.0 Å². The van der Waals surface area contributed by atoms with E-state index >= 15 is 0 Å². The van der Waals surface area contributed by atoms with E-state index in [1.54, 1.807) is 0 Å². The number of allylic oxidation sites excluding steroid dienone is 2. The summed E-state index contributed by atoms with van der Waals surface area (Å²) in [6, 6.07) is 9.66. The SMILES string of the molecule is CCC/C=C/CC(Sc1ccccc1)C(=O)O. The Morgan fingerprint density at radius 1 is 1.35 bits per heavy atom. The average molecular weight is 250 g/mol. The standard InChI is InChI=1S/C14H18O2S/c1-2-3-4-8-11-13(14(15)16)17-12-9-6-5-7-10-12/h4-10,13H,2-3,11H2,1H3,(H,15,16)/b8-4+. The lowest BCUT2D eigenvalue weighted by Gasteiger charge is -2.09. The van der Waals surface area contributed by atoms with Crippen molar-refractivity contribution < 1.29 is 9.90 Å². The number of hydrogen-bond acceptors (Lipinski definition) is 2. The molecule has 0 aliphatic carbocycles. The van der Waals surface area contributed by atoms with Gasteiger partial charge < -0.3 is 5.11 Å². The molecule has 0 aliphatic heterocycles. The highest BCUT2D eigenvalue weighted by Gasteiger charge is 2.16. The lowest BCUT2D eigenvalue weighted by molar-refractivity contribution is -0.136.